The van der Waals surface area contributed by atoms with Gasteiger partial charge in [0.05, 0.1) is 0 Å². The topological polar surface area (TPSA) is 0 Å². The summed E-state index contributed by atoms with van der Waals surface area (Å²) >= 11 is 0. The molecule has 0 radical (unpaired) electrons. The molecule has 54 valence electrons. The summed E-state index contributed by atoms with van der Waals surface area (Å²) in [4.78, 5) is 0. The van der Waals surface area contributed by atoms with Gasteiger partial charge in [-0.3, -0.25) is 0 Å². The Bertz CT molecular complexity index is 95.1. The molecule has 0 atom stereocenters. The fourth-order valence-corrected chi connectivity index (χ4v) is 3.74. The molecule has 2 heteroatoms. The maximum atomic E-state index is 3.79. The van der Waals surface area contributed by atoms with Crippen LogP contribution in [0.1, 0.15) is 0 Å². The van der Waals surface area contributed by atoms with E-state index in [1.165, 1.54) is 6.04 Å². The zero-order valence-corrected chi connectivity index (χ0v) is 9.22. The minimum Gasteiger partial charge on any atom is -0.103 e. The number of rotatable bonds is 3. The summed E-state index contributed by atoms with van der Waals surface area (Å²) in [5.74, 6) is 0. The van der Waals surface area contributed by atoms with Gasteiger partial charge < -0.3 is 0 Å². The minimum atomic E-state index is -0.760. The zero-order chi connectivity index (χ0) is 7.49. The highest BCUT2D eigenvalue weighted by atomic mass is 29.2. The van der Waals surface area contributed by atoms with Crippen molar-refractivity contribution in [1.82, 2.24) is 0 Å². The molecule has 0 aromatic carbocycles. The highest BCUT2D eigenvalue weighted by Gasteiger charge is 2.23. The summed E-state index contributed by atoms with van der Waals surface area (Å²) < 4.78 is 0. The molecule has 0 saturated carbocycles. The Hall–Kier alpha value is 0.174. The molecular weight excluding hydrogens is 140 g/mol. The first-order valence-corrected chi connectivity index (χ1v) is 10.9. The fourth-order valence-electron chi connectivity index (χ4n) is 0.608. The highest BCUT2D eigenvalue weighted by molar-refractivity contribution is 7.31. The van der Waals surface area contributed by atoms with Gasteiger partial charge in [-0.15, -0.1) is 6.58 Å². The van der Waals surface area contributed by atoms with Crippen LogP contribution in [0.3, 0.4) is 0 Å². The van der Waals surface area contributed by atoms with E-state index in [2.05, 4.69) is 38.8 Å². The Morgan fingerprint density at radius 1 is 1.44 bits per heavy atom. The van der Waals surface area contributed by atoms with E-state index in [9.17, 15) is 0 Å². The van der Waals surface area contributed by atoms with Crippen LogP contribution in [0.15, 0.2) is 12.7 Å². The molecule has 0 aliphatic heterocycles. The highest BCUT2D eigenvalue weighted by Crippen LogP contribution is 2.12. The van der Waals surface area contributed by atoms with Gasteiger partial charge in [0.15, 0.2) is 0 Å². The van der Waals surface area contributed by atoms with Gasteiger partial charge in [-0.1, -0.05) is 32.3 Å². The minimum absolute atomic E-state index is 0.330. The van der Waals surface area contributed by atoms with E-state index in [0.717, 1.165) is 0 Å². The fraction of sp³-hybridized carbons (Fsp3) is 0.714. The molecule has 0 spiro atoms. The summed E-state index contributed by atoms with van der Waals surface area (Å²) in [5, 5.41) is 0. The quantitative estimate of drug-likeness (QED) is 0.437. The molecule has 0 bridgehead atoms. The van der Waals surface area contributed by atoms with E-state index in [1.54, 1.807) is 0 Å². The molecule has 0 aromatic heterocycles. The lowest BCUT2D eigenvalue weighted by Crippen LogP contribution is -2.40. The number of hydrogen-bond acceptors (Lipinski definition) is 0. The van der Waals surface area contributed by atoms with E-state index in [1.807, 2.05) is 0 Å². The van der Waals surface area contributed by atoms with Crippen molar-refractivity contribution in [3.05, 3.63) is 12.7 Å². The number of hydrogen-bond donors (Lipinski definition) is 0. The molecule has 0 saturated heterocycles. The van der Waals surface area contributed by atoms with E-state index in [-0.39, 0.29) is 8.31 Å². The van der Waals surface area contributed by atoms with Crippen LogP contribution in [0.5, 0.6) is 0 Å². The average Bonchev–Trinajstić information content (AvgIpc) is 1.65. The van der Waals surface area contributed by atoms with Gasteiger partial charge in [0.2, 0.25) is 0 Å². The molecule has 0 heterocycles. The summed E-state index contributed by atoms with van der Waals surface area (Å²) in [6.07, 6.45) is 2.10. The summed E-state index contributed by atoms with van der Waals surface area (Å²) in [7, 11) is -1.09. The van der Waals surface area contributed by atoms with Crippen LogP contribution < -0.4 is 0 Å². The monoisotopic (exact) mass is 158 g/mol. The third kappa shape index (κ3) is 3.01. The van der Waals surface area contributed by atoms with Gasteiger partial charge in [-0.25, -0.2) is 0 Å². The van der Waals surface area contributed by atoms with E-state index in [4.69, 9.17) is 0 Å². The van der Waals surface area contributed by atoms with Crippen molar-refractivity contribution >= 4 is 15.9 Å². The molecule has 0 aliphatic rings. The summed E-state index contributed by atoms with van der Waals surface area (Å²) in [5.41, 5.74) is 0. The zero-order valence-electron chi connectivity index (χ0n) is 7.07. The van der Waals surface area contributed by atoms with E-state index >= 15 is 0 Å². The van der Waals surface area contributed by atoms with Crippen molar-refractivity contribution in [2.24, 2.45) is 0 Å². The molecule has 0 fully saturated rings. The second-order valence-electron chi connectivity index (χ2n) is 3.64. The van der Waals surface area contributed by atoms with Crippen molar-refractivity contribution in [3.63, 3.8) is 0 Å². The van der Waals surface area contributed by atoms with Crippen LogP contribution in [0, 0.1) is 0 Å². The van der Waals surface area contributed by atoms with Crippen molar-refractivity contribution < 1.29 is 0 Å². The summed E-state index contributed by atoms with van der Waals surface area (Å²) in [6.45, 7) is 13.6. The maximum Gasteiger partial charge on any atom is 0.0411 e. The lowest BCUT2D eigenvalue weighted by atomic mass is 10.8. The molecule has 0 nitrogen and oxygen atoms in total. The Labute approximate surface area is 61.4 Å². The largest absolute Gasteiger partial charge is 0.103 e. The van der Waals surface area contributed by atoms with Gasteiger partial charge >= 0.3 is 0 Å². The summed E-state index contributed by atoms with van der Waals surface area (Å²) in [6, 6.07) is 1.32. The predicted molar refractivity (Wildman–Crippen MR) is 51.4 cm³/mol. The smallest absolute Gasteiger partial charge is 0.0411 e. The van der Waals surface area contributed by atoms with E-state index < -0.39 is 7.59 Å². The molecule has 0 unspecified atom stereocenters. The Balaban J connectivity index is 3.84. The molecule has 0 amide bonds. The molecule has 0 aliphatic carbocycles. The van der Waals surface area contributed by atoms with Gasteiger partial charge in [-0.2, -0.15) is 0 Å². The first kappa shape index (κ1) is 9.17. The van der Waals surface area contributed by atoms with Crippen LogP contribution in [0.25, 0.3) is 0 Å². The Kier molecular flexibility index (Phi) is 3.43. The van der Waals surface area contributed by atoms with Gasteiger partial charge in [-0.05, 0) is 6.04 Å². The van der Waals surface area contributed by atoms with Crippen LogP contribution in [0.4, 0.5) is 0 Å². The second kappa shape index (κ2) is 3.37. The van der Waals surface area contributed by atoms with Crippen molar-refractivity contribution in [3.8, 4) is 0 Å². The van der Waals surface area contributed by atoms with Crippen molar-refractivity contribution in [1.29, 1.82) is 0 Å². The Morgan fingerprint density at radius 2 is 1.89 bits per heavy atom. The van der Waals surface area contributed by atoms with Crippen LogP contribution in [-0.2, 0) is 0 Å². The predicted octanol–water partition coefficient (Wildman–Crippen LogP) is 2.45. The van der Waals surface area contributed by atoms with Gasteiger partial charge in [0.25, 0.3) is 0 Å². The Morgan fingerprint density at radius 3 is 2.00 bits per heavy atom. The van der Waals surface area contributed by atoms with E-state index in [0.29, 0.717) is 0 Å². The van der Waals surface area contributed by atoms with Gasteiger partial charge in [0.1, 0.15) is 0 Å². The molecule has 0 aromatic rings. The van der Waals surface area contributed by atoms with Crippen LogP contribution in [-0.4, -0.2) is 15.9 Å². The van der Waals surface area contributed by atoms with Crippen LogP contribution in [0.2, 0.25) is 32.2 Å². The third-order valence-electron chi connectivity index (χ3n) is 2.23. The SMILES string of the molecule is C=CC[Si](C)(C)[SiH](C)C. The normalized spacial score (nSPS) is 12.1. The van der Waals surface area contributed by atoms with Crippen LogP contribution >= 0.6 is 0 Å². The lowest BCUT2D eigenvalue weighted by Gasteiger charge is -2.23. The van der Waals surface area contributed by atoms with Crippen molar-refractivity contribution in [2.75, 3.05) is 0 Å². The molecule has 0 rings (SSSR count). The first-order chi connectivity index (χ1) is 4.00. The molecule has 0 N–H and O–H groups in total. The first-order valence-electron chi connectivity index (χ1n) is 3.61. The lowest BCUT2D eigenvalue weighted by molar-refractivity contribution is 1.58. The van der Waals surface area contributed by atoms with Crippen molar-refractivity contribution in [2.45, 2.75) is 32.2 Å². The number of allylic oxidation sites excluding steroid dienone is 1. The second-order valence-corrected chi connectivity index (χ2v) is 18.5. The standard InChI is InChI=1S/C7H18Si2/c1-6-7-9(4,5)8(2)3/h6,8H,1,7H2,2-5H3. The molecule has 9 heavy (non-hydrogen) atoms. The third-order valence-corrected chi connectivity index (χ3v) is 16.8. The maximum absolute atomic E-state index is 3.79. The average molecular weight is 158 g/mol. The van der Waals surface area contributed by atoms with Gasteiger partial charge in [0, 0.05) is 15.9 Å². The molecular formula is C7H18Si2.